The Kier molecular flexibility index (Phi) is 6.17. The van der Waals surface area contributed by atoms with Gasteiger partial charge in [0.1, 0.15) is 0 Å². The monoisotopic (exact) mass is 397 g/mol. The second-order valence-electron chi connectivity index (χ2n) is 7.35. The molecule has 29 heavy (non-hydrogen) atoms. The number of benzene rings is 1. The summed E-state index contributed by atoms with van der Waals surface area (Å²) in [4.78, 5) is 44.6. The third-order valence-corrected chi connectivity index (χ3v) is 5.62. The molecule has 7 heteroatoms. The van der Waals surface area contributed by atoms with E-state index in [1.165, 1.54) is 7.11 Å². The summed E-state index contributed by atoms with van der Waals surface area (Å²) in [6.45, 7) is 7.76. The van der Waals surface area contributed by atoms with Crippen molar-refractivity contribution in [2.45, 2.75) is 26.8 Å². The van der Waals surface area contributed by atoms with Crippen molar-refractivity contribution in [3.05, 3.63) is 58.4 Å². The van der Waals surface area contributed by atoms with E-state index in [0.29, 0.717) is 54.3 Å². The number of rotatable bonds is 5. The highest BCUT2D eigenvalue weighted by Gasteiger charge is 2.31. The van der Waals surface area contributed by atoms with Crippen molar-refractivity contribution in [3.8, 4) is 0 Å². The van der Waals surface area contributed by atoms with Crippen molar-refractivity contribution in [1.82, 2.24) is 14.8 Å². The predicted molar refractivity (Wildman–Crippen MR) is 109 cm³/mol. The molecule has 1 saturated heterocycles. The average Bonchev–Trinajstić information content (AvgIpc) is 3.06. The van der Waals surface area contributed by atoms with Crippen LogP contribution >= 0.6 is 0 Å². The number of carbonyl (C=O) groups is 3. The summed E-state index contributed by atoms with van der Waals surface area (Å²) in [6, 6.07) is 8.87. The number of ether oxygens (including phenoxy) is 1. The van der Waals surface area contributed by atoms with Crippen LogP contribution in [0.1, 0.15) is 49.4 Å². The van der Waals surface area contributed by atoms with Crippen LogP contribution in [0.3, 0.4) is 0 Å². The summed E-state index contributed by atoms with van der Waals surface area (Å²) in [5.74, 6) is -0.498. The van der Waals surface area contributed by atoms with Gasteiger partial charge in [-0.1, -0.05) is 18.2 Å². The molecule has 7 nitrogen and oxygen atoms in total. The Bertz CT molecular complexity index is 912. The van der Waals surface area contributed by atoms with E-state index in [1.807, 2.05) is 42.2 Å². The summed E-state index contributed by atoms with van der Waals surface area (Å²) < 4.78 is 4.82. The Morgan fingerprint density at radius 3 is 2.24 bits per heavy atom. The van der Waals surface area contributed by atoms with Crippen molar-refractivity contribution in [3.63, 3.8) is 0 Å². The number of Topliss-reactive ketones (excluding diaryl/α,β-unsaturated/α-hetero) is 1. The second kappa shape index (κ2) is 8.61. The number of methoxy groups -OCH3 is 1. The molecule has 1 fully saturated rings. The molecular weight excluding hydrogens is 370 g/mol. The first-order valence-electron chi connectivity index (χ1n) is 9.75. The van der Waals surface area contributed by atoms with E-state index >= 15 is 0 Å². The van der Waals surface area contributed by atoms with Gasteiger partial charge in [-0.25, -0.2) is 4.79 Å². The van der Waals surface area contributed by atoms with Gasteiger partial charge in [0.2, 0.25) is 0 Å². The summed E-state index contributed by atoms with van der Waals surface area (Å²) in [6.07, 6.45) is 0. The molecule has 1 atom stereocenters. The quantitative estimate of drug-likeness (QED) is 0.619. The maximum absolute atomic E-state index is 13.1. The number of amides is 1. The lowest BCUT2D eigenvalue weighted by molar-refractivity contribution is 0.0549. The maximum atomic E-state index is 13.1. The molecule has 0 aliphatic carbocycles. The smallest absolute Gasteiger partial charge is 0.339 e. The van der Waals surface area contributed by atoms with Gasteiger partial charge in [0.05, 0.1) is 24.4 Å². The third kappa shape index (κ3) is 4.10. The molecule has 0 bridgehead atoms. The number of ketones is 1. The molecule has 1 aliphatic rings. The SMILES string of the molecule is COC(=O)c1c(C)[nH]c(C(=O)[C@@H](C)N2CCN(C(=O)c3ccccc3)CC2)c1C. The average molecular weight is 397 g/mol. The molecule has 3 rings (SSSR count). The van der Waals surface area contributed by atoms with E-state index in [-0.39, 0.29) is 17.7 Å². The highest BCUT2D eigenvalue weighted by Crippen LogP contribution is 2.22. The number of aromatic amines is 1. The van der Waals surface area contributed by atoms with Gasteiger partial charge in [0.15, 0.2) is 5.78 Å². The number of hydrogen-bond acceptors (Lipinski definition) is 5. The molecule has 1 amide bonds. The standard InChI is InChI=1S/C22H27N3O4/c1-14-18(22(28)29-4)15(2)23-19(14)20(26)16(3)24-10-12-25(13-11-24)21(27)17-8-6-5-7-9-17/h5-9,16,23H,10-13H2,1-4H3/t16-/m1/s1. The zero-order valence-corrected chi connectivity index (χ0v) is 17.3. The van der Waals surface area contributed by atoms with Crippen molar-refractivity contribution in [2.75, 3.05) is 33.3 Å². The first-order valence-corrected chi connectivity index (χ1v) is 9.75. The van der Waals surface area contributed by atoms with Crippen LogP contribution in [0.5, 0.6) is 0 Å². The molecule has 0 radical (unpaired) electrons. The number of piperazine rings is 1. The zero-order valence-electron chi connectivity index (χ0n) is 17.3. The van der Waals surface area contributed by atoms with Crippen LogP contribution in [0.2, 0.25) is 0 Å². The van der Waals surface area contributed by atoms with Crippen LogP contribution in [-0.2, 0) is 4.74 Å². The Hall–Kier alpha value is -2.93. The van der Waals surface area contributed by atoms with Gasteiger partial charge in [-0.15, -0.1) is 0 Å². The molecule has 0 unspecified atom stereocenters. The first kappa shape index (κ1) is 20.8. The summed E-state index contributed by atoms with van der Waals surface area (Å²) in [5, 5.41) is 0. The topological polar surface area (TPSA) is 82.7 Å². The van der Waals surface area contributed by atoms with Crippen LogP contribution in [0, 0.1) is 13.8 Å². The fourth-order valence-corrected chi connectivity index (χ4v) is 3.85. The van der Waals surface area contributed by atoms with Crippen molar-refractivity contribution in [2.24, 2.45) is 0 Å². The van der Waals surface area contributed by atoms with Gasteiger partial charge in [0, 0.05) is 37.4 Å². The van der Waals surface area contributed by atoms with Crippen molar-refractivity contribution < 1.29 is 19.1 Å². The summed E-state index contributed by atoms with van der Waals surface area (Å²) in [7, 11) is 1.33. The maximum Gasteiger partial charge on any atom is 0.339 e. The number of nitrogens with zero attached hydrogens (tertiary/aromatic N) is 2. The van der Waals surface area contributed by atoms with Crippen LogP contribution in [0.25, 0.3) is 0 Å². The number of H-pyrrole nitrogens is 1. The lowest BCUT2D eigenvalue weighted by atomic mass is 10.0. The lowest BCUT2D eigenvalue weighted by Gasteiger charge is -2.37. The minimum atomic E-state index is -0.448. The predicted octanol–water partition coefficient (Wildman–Crippen LogP) is 2.45. The summed E-state index contributed by atoms with van der Waals surface area (Å²) in [5.41, 5.74) is 2.78. The second-order valence-corrected chi connectivity index (χ2v) is 7.35. The molecule has 1 aromatic heterocycles. The van der Waals surface area contributed by atoms with Gasteiger partial charge in [-0.3, -0.25) is 14.5 Å². The van der Waals surface area contributed by atoms with Crippen LogP contribution in [0.15, 0.2) is 30.3 Å². The highest BCUT2D eigenvalue weighted by molar-refractivity contribution is 6.03. The van der Waals surface area contributed by atoms with Gasteiger partial charge >= 0.3 is 5.97 Å². The molecule has 0 saturated carbocycles. The number of aryl methyl sites for hydroxylation is 1. The van der Waals surface area contributed by atoms with Gasteiger partial charge in [0.25, 0.3) is 5.91 Å². The minimum absolute atomic E-state index is 0.0165. The largest absolute Gasteiger partial charge is 0.465 e. The number of hydrogen-bond donors (Lipinski definition) is 1. The molecule has 2 heterocycles. The van der Waals surface area contributed by atoms with E-state index in [1.54, 1.807) is 13.8 Å². The van der Waals surface area contributed by atoms with Crippen molar-refractivity contribution in [1.29, 1.82) is 0 Å². The molecule has 1 aromatic carbocycles. The van der Waals surface area contributed by atoms with Crippen molar-refractivity contribution >= 4 is 17.7 Å². The highest BCUT2D eigenvalue weighted by atomic mass is 16.5. The Morgan fingerprint density at radius 2 is 1.66 bits per heavy atom. The lowest BCUT2D eigenvalue weighted by Crippen LogP contribution is -2.53. The number of aromatic nitrogens is 1. The van der Waals surface area contributed by atoms with Crippen LogP contribution in [0.4, 0.5) is 0 Å². The normalized spacial score (nSPS) is 15.8. The molecule has 0 spiro atoms. The summed E-state index contributed by atoms with van der Waals surface area (Å²) >= 11 is 0. The third-order valence-electron chi connectivity index (χ3n) is 5.62. The van der Waals surface area contributed by atoms with E-state index in [2.05, 4.69) is 9.88 Å². The van der Waals surface area contributed by atoms with Gasteiger partial charge in [-0.2, -0.15) is 0 Å². The fraction of sp³-hybridized carbons (Fsp3) is 0.409. The molecule has 2 aromatic rings. The van der Waals surface area contributed by atoms with E-state index in [4.69, 9.17) is 4.74 Å². The van der Waals surface area contributed by atoms with Gasteiger partial charge < -0.3 is 14.6 Å². The molecule has 1 N–H and O–H groups in total. The molecule has 1 aliphatic heterocycles. The van der Waals surface area contributed by atoms with Crippen LogP contribution in [-0.4, -0.2) is 71.8 Å². The van der Waals surface area contributed by atoms with E-state index < -0.39 is 5.97 Å². The Morgan fingerprint density at radius 1 is 1.03 bits per heavy atom. The Balaban J connectivity index is 1.67. The van der Waals surface area contributed by atoms with E-state index in [9.17, 15) is 14.4 Å². The van der Waals surface area contributed by atoms with Crippen LogP contribution < -0.4 is 0 Å². The zero-order chi connectivity index (χ0) is 21.1. The number of nitrogens with one attached hydrogen (secondary N) is 1. The van der Waals surface area contributed by atoms with Gasteiger partial charge in [-0.05, 0) is 38.5 Å². The van der Waals surface area contributed by atoms with E-state index in [0.717, 1.165) is 0 Å². The Labute approximate surface area is 170 Å². The first-order chi connectivity index (χ1) is 13.8. The molecule has 154 valence electrons. The number of carbonyl (C=O) groups excluding carboxylic acids is 3. The number of esters is 1. The fourth-order valence-electron chi connectivity index (χ4n) is 3.85. The minimum Gasteiger partial charge on any atom is -0.465 e. The molecular formula is C22H27N3O4.